The predicted octanol–water partition coefficient (Wildman–Crippen LogP) is 2.88. The zero-order valence-corrected chi connectivity index (χ0v) is 20.4. The highest BCUT2D eigenvalue weighted by molar-refractivity contribution is 14.1. The number of hydrogen-bond donors (Lipinski definition) is 2. The summed E-state index contributed by atoms with van der Waals surface area (Å²) < 4.78 is 13.3. The van der Waals surface area contributed by atoms with Gasteiger partial charge in [0.15, 0.2) is 11.5 Å². The van der Waals surface area contributed by atoms with Crippen molar-refractivity contribution in [3.63, 3.8) is 0 Å². The molecule has 5 atom stereocenters. The summed E-state index contributed by atoms with van der Waals surface area (Å²) in [4.78, 5) is 15.5. The van der Waals surface area contributed by atoms with Crippen LogP contribution in [0.3, 0.4) is 0 Å². The van der Waals surface area contributed by atoms with Gasteiger partial charge in [-0.1, -0.05) is 12.1 Å². The van der Waals surface area contributed by atoms with Crippen LogP contribution in [-0.2, 0) is 11.8 Å². The maximum absolute atomic E-state index is 13.1. The Hall–Kier alpha value is -1.84. The lowest BCUT2D eigenvalue weighted by atomic mass is 9.48. The summed E-state index contributed by atoms with van der Waals surface area (Å²) in [5.74, 6) is 1.36. The van der Waals surface area contributed by atoms with E-state index in [0.717, 1.165) is 34.3 Å². The van der Waals surface area contributed by atoms with E-state index in [0.29, 0.717) is 24.2 Å². The van der Waals surface area contributed by atoms with Crippen LogP contribution in [0.15, 0.2) is 36.4 Å². The molecule has 2 fully saturated rings. The van der Waals surface area contributed by atoms with Gasteiger partial charge in [-0.3, -0.25) is 4.79 Å². The van der Waals surface area contributed by atoms with Gasteiger partial charge in [0, 0.05) is 20.7 Å². The Balaban J connectivity index is 1.45. The van der Waals surface area contributed by atoms with E-state index in [2.05, 4.69) is 45.9 Å². The highest BCUT2D eigenvalue weighted by Crippen LogP contribution is 2.65. The molecule has 6 nitrogen and oxygen atoms in total. The van der Waals surface area contributed by atoms with E-state index in [9.17, 15) is 9.90 Å². The van der Waals surface area contributed by atoms with Gasteiger partial charge in [0.05, 0.1) is 24.2 Å². The van der Waals surface area contributed by atoms with Gasteiger partial charge < -0.3 is 24.8 Å². The number of methoxy groups -OCH3 is 1. The Morgan fingerprint density at radius 1 is 1.31 bits per heavy atom. The molecule has 2 aliphatic carbocycles. The van der Waals surface area contributed by atoms with E-state index in [1.165, 1.54) is 5.56 Å². The fraction of sp³-hybridized carbons (Fsp3) is 0.480. The second-order valence-electron chi connectivity index (χ2n) is 9.64. The monoisotopic (exact) mass is 546 g/mol. The second kappa shape index (κ2) is 7.08. The number of amides is 1. The number of piperidine rings is 1. The fourth-order valence-corrected chi connectivity index (χ4v) is 7.48. The molecule has 4 aliphatic rings. The molecule has 1 saturated heterocycles. The molecule has 1 amide bonds. The molecule has 1 saturated carbocycles. The summed E-state index contributed by atoms with van der Waals surface area (Å²) in [6.45, 7) is 0.889. The van der Waals surface area contributed by atoms with Crippen molar-refractivity contribution < 1.29 is 19.4 Å². The van der Waals surface area contributed by atoms with Crippen LogP contribution in [0.4, 0.5) is 0 Å². The van der Waals surface area contributed by atoms with Crippen LogP contribution in [0.2, 0.25) is 0 Å². The zero-order chi connectivity index (χ0) is 22.3. The Kier molecular flexibility index (Phi) is 4.59. The van der Waals surface area contributed by atoms with Gasteiger partial charge in [-0.15, -0.1) is 0 Å². The van der Waals surface area contributed by atoms with Crippen LogP contribution in [0.1, 0.15) is 40.7 Å². The van der Waals surface area contributed by atoms with E-state index in [-0.39, 0.29) is 24.1 Å². The number of rotatable bonds is 3. The number of benzene rings is 2. The summed E-state index contributed by atoms with van der Waals surface area (Å²) in [6.07, 6.45) is 2.58. The topological polar surface area (TPSA) is 71.0 Å². The molecule has 7 heteroatoms. The maximum atomic E-state index is 13.1. The molecule has 2 N–H and O–H groups in total. The quantitative estimate of drug-likeness (QED) is 0.580. The number of ether oxygens (including phenoxy) is 2. The van der Waals surface area contributed by atoms with Crippen LogP contribution in [0.5, 0.6) is 11.5 Å². The maximum Gasteiger partial charge on any atom is 0.251 e. The van der Waals surface area contributed by atoms with Crippen molar-refractivity contribution in [3.8, 4) is 11.5 Å². The average Bonchev–Trinajstić information content (AvgIpc) is 3.13. The van der Waals surface area contributed by atoms with Crippen molar-refractivity contribution in [2.75, 3.05) is 20.7 Å². The first-order chi connectivity index (χ1) is 15.4. The number of nitrogens with zero attached hydrogens (tertiary/aromatic N) is 1. The minimum atomic E-state index is -0.890. The normalized spacial score (nSPS) is 34.4. The van der Waals surface area contributed by atoms with Gasteiger partial charge in [0.2, 0.25) is 0 Å². The number of carbonyl (C=O) groups is 1. The SMILES string of the molecule is COc1ccc2c3c1OC1C(NC(=O)c4cccc(I)c4)CC[C@@]4(O)[C@@H](C2)N(C)CC[C@]314. The van der Waals surface area contributed by atoms with Crippen LogP contribution >= 0.6 is 22.6 Å². The molecule has 168 valence electrons. The molecule has 1 spiro atoms. The summed E-state index contributed by atoms with van der Waals surface area (Å²) >= 11 is 2.22. The molecule has 32 heavy (non-hydrogen) atoms. The number of aliphatic hydroxyl groups is 1. The third-order valence-electron chi connectivity index (χ3n) is 8.34. The molecule has 2 bridgehead atoms. The average molecular weight is 546 g/mol. The number of carbonyl (C=O) groups excluding carboxylic acids is 1. The third kappa shape index (κ3) is 2.56. The van der Waals surface area contributed by atoms with Gasteiger partial charge in [-0.25, -0.2) is 0 Å². The Morgan fingerprint density at radius 3 is 2.94 bits per heavy atom. The van der Waals surface area contributed by atoms with E-state index in [4.69, 9.17) is 9.47 Å². The summed E-state index contributed by atoms with van der Waals surface area (Å²) in [5.41, 5.74) is 1.56. The first kappa shape index (κ1) is 20.7. The zero-order valence-electron chi connectivity index (χ0n) is 18.2. The van der Waals surface area contributed by atoms with Gasteiger partial charge in [-0.05, 0) is 91.7 Å². The smallest absolute Gasteiger partial charge is 0.251 e. The largest absolute Gasteiger partial charge is 0.493 e. The van der Waals surface area contributed by atoms with Gasteiger partial charge in [0.1, 0.15) is 6.10 Å². The number of halogens is 1. The molecule has 2 unspecified atom stereocenters. The van der Waals surface area contributed by atoms with Crippen molar-refractivity contribution in [3.05, 3.63) is 56.7 Å². The molecule has 2 heterocycles. The second-order valence-corrected chi connectivity index (χ2v) is 10.9. The van der Waals surface area contributed by atoms with Crippen molar-refractivity contribution in [2.24, 2.45) is 0 Å². The van der Waals surface area contributed by atoms with Gasteiger partial charge >= 0.3 is 0 Å². The number of nitrogens with one attached hydrogen (secondary N) is 1. The Morgan fingerprint density at radius 2 is 2.16 bits per heavy atom. The van der Waals surface area contributed by atoms with E-state index in [1.54, 1.807) is 7.11 Å². The first-order valence-corrected chi connectivity index (χ1v) is 12.3. The molecule has 0 aromatic heterocycles. The molecule has 2 aliphatic heterocycles. The van der Waals surface area contributed by atoms with Crippen LogP contribution in [-0.4, -0.2) is 60.4 Å². The lowest BCUT2D eigenvalue weighted by molar-refractivity contribution is -0.186. The minimum absolute atomic E-state index is 0.0431. The fourth-order valence-electron chi connectivity index (χ4n) is 6.93. The highest BCUT2D eigenvalue weighted by atomic mass is 127. The van der Waals surface area contributed by atoms with Crippen LogP contribution < -0.4 is 14.8 Å². The van der Waals surface area contributed by atoms with E-state index in [1.807, 2.05) is 30.3 Å². The highest BCUT2D eigenvalue weighted by Gasteiger charge is 2.72. The lowest BCUT2D eigenvalue weighted by Crippen LogP contribution is -2.77. The lowest BCUT2D eigenvalue weighted by Gasteiger charge is -2.63. The predicted molar refractivity (Wildman–Crippen MR) is 128 cm³/mol. The molecule has 0 radical (unpaired) electrons. The number of likely N-dealkylation sites (tertiary alicyclic amines) is 1. The Bertz CT molecular complexity index is 1120. The standard InChI is InChI=1S/C25H27IN2O4/c1-28-11-10-24-20-14-6-7-18(31-2)21(20)32-22(24)17(8-9-25(24,30)19(28)13-14)27-23(29)15-4-3-5-16(26)12-15/h3-7,12,17,19,22,30H,8-11,13H2,1-2H3,(H,27,29)/t17?,19-,22?,24+,25-/m1/s1. The van der Waals surface area contributed by atoms with Crippen molar-refractivity contribution in [1.29, 1.82) is 0 Å². The number of likely N-dealkylation sites (N-methyl/N-ethyl adjacent to an activating group) is 1. The van der Waals surface area contributed by atoms with Crippen LogP contribution in [0, 0.1) is 3.57 Å². The molecule has 2 aromatic carbocycles. The first-order valence-electron chi connectivity index (χ1n) is 11.2. The van der Waals surface area contributed by atoms with Crippen LogP contribution in [0.25, 0.3) is 0 Å². The van der Waals surface area contributed by atoms with Crippen molar-refractivity contribution in [2.45, 2.75) is 54.9 Å². The third-order valence-corrected chi connectivity index (χ3v) is 9.01. The molecule has 2 aromatic rings. The molecular formula is C25H27IN2O4. The van der Waals surface area contributed by atoms with E-state index >= 15 is 0 Å². The summed E-state index contributed by atoms with van der Waals surface area (Å²) in [6, 6.07) is 11.6. The summed E-state index contributed by atoms with van der Waals surface area (Å²) in [7, 11) is 3.77. The van der Waals surface area contributed by atoms with Gasteiger partial charge in [0.25, 0.3) is 5.91 Å². The molecular weight excluding hydrogens is 519 g/mol. The molecule has 6 rings (SSSR count). The van der Waals surface area contributed by atoms with Crippen molar-refractivity contribution in [1.82, 2.24) is 10.2 Å². The van der Waals surface area contributed by atoms with E-state index < -0.39 is 11.0 Å². The Labute approximate surface area is 201 Å². The minimum Gasteiger partial charge on any atom is -0.493 e. The summed E-state index contributed by atoms with van der Waals surface area (Å²) in [5, 5.41) is 15.5. The number of hydrogen-bond acceptors (Lipinski definition) is 5. The van der Waals surface area contributed by atoms with Gasteiger partial charge in [-0.2, -0.15) is 0 Å². The van der Waals surface area contributed by atoms with Crippen molar-refractivity contribution >= 4 is 28.5 Å².